The topological polar surface area (TPSA) is 24.9 Å². The molecule has 1 aliphatic heterocycles. The van der Waals surface area contributed by atoms with Gasteiger partial charge in [-0.15, -0.1) is 0 Å². The van der Waals surface area contributed by atoms with Crippen LogP contribution in [-0.2, 0) is 0 Å². The lowest BCUT2D eigenvalue weighted by Crippen LogP contribution is -2.25. The summed E-state index contributed by atoms with van der Waals surface area (Å²) in [6, 6.07) is 4.71. The van der Waals surface area contributed by atoms with Crippen LogP contribution >= 0.6 is 11.8 Å². The molecule has 0 saturated carbocycles. The molecule has 0 aliphatic carbocycles. The van der Waals surface area contributed by atoms with Gasteiger partial charge in [0.25, 0.3) is 0 Å². The smallest absolute Gasteiger partial charge is 0.0373 e. The number of pyridine rings is 1. The van der Waals surface area contributed by atoms with Gasteiger partial charge in [-0.05, 0) is 30.7 Å². The molecule has 1 aliphatic rings. The molecule has 1 aromatic heterocycles. The van der Waals surface area contributed by atoms with Crippen LogP contribution in [0.15, 0.2) is 24.5 Å². The summed E-state index contributed by atoms with van der Waals surface area (Å²) in [5.41, 5.74) is 1.20. The molecule has 0 spiro atoms. The molecule has 1 N–H and O–H groups in total. The molecule has 1 aromatic rings. The van der Waals surface area contributed by atoms with Gasteiger partial charge >= 0.3 is 0 Å². The molecule has 13 heavy (non-hydrogen) atoms. The molecular weight excluding hydrogens is 180 g/mol. The van der Waals surface area contributed by atoms with E-state index in [0.29, 0.717) is 6.04 Å². The van der Waals surface area contributed by atoms with Gasteiger partial charge in [-0.25, -0.2) is 0 Å². The second kappa shape index (κ2) is 4.51. The maximum absolute atomic E-state index is 3.99. The molecular formula is C10H14N2S. The van der Waals surface area contributed by atoms with Gasteiger partial charge < -0.3 is 5.32 Å². The van der Waals surface area contributed by atoms with E-state index in [1.165, 1.54) is 30.0 Å². The first-order chi connectivity index (χ1) is 6.45. The van der Waals surface area contributed by atoms with E-state index in [-0.39, 0.29) is 0 Å². The third kappa shape index (κ3) is 2.62. The first kappa shape index (κ1) is 8.88. The van der Waals surface area contributed by atoms with Crippen LogP contribution in [0.25, 0.3) is 0 Å². The van der Waals surface area contributed by atoms with Crippen molar-refractivity contribution in [1.29, 1.82) is 0 Å². The summed E-state index contributed by atoms with van der Waals surface area (Å²) >= 11 is 2.04. The van der Waals surface area contributed by atoms with E-state index >= 15 is 0 Å². The predicted octanol–water partition coefficient (Wildman–Crippen LogP) is 2.39. The highest BCUT2D eigenvalue weighted by atomic mass is 32.2. The van der Waals surface area contributed by atoms with Crippen molar-refractivity contribution in [2.75, 3.05) is 16.8 Å². The highest BCUT2D eigenvalue weighted by molar-refractivity contribution is 7.99. The number of nitrogens with zero attached hydrogens (tertiary/aromatic N) is 1. The fourth-order valence-electron chi connectivity index (χ4n) is 1.54. The predicted molar refractivity (Wildman–Crippen MR) is 58.2 cm³/mol. The van der Waals surface area contributed by atoms with Crippen LogP contribution in [0.5, 0.6) is 0 Å². The van der Waals surface area contributed by atoms with E-state index in [9.17, 15) is 0 Å². The average molecular weight is 194 g/mol. The summed E-state index contributed by atoms with van der Waals surface area (Å²) in [7, 11) is 0. The first-order valence-electron chi connectivity index (χ1n) is 4.69. The van der Waals surface area contributed by atoms with Crippen LogP contribution < -0.4 is 5.32 Å². The lowest BCUT2D eigenvalue weighted by molar-refractivity contribution is 0.685. The molecule has 2 nitrogen and oxygen atoms in total. The van der Waals surface area contributed by atoms with Crippen molar-refractivity contribution in [1.82, 2.24) is 4.98 Å². The molecule has 70 valence electrons. The van der Waals surface area contributed by atoms with Crippen molar-refractivity contribution in [2.24, 2.45) is 0 Å². The van der Waals surface area contributed by atoms with Crippen molar-refractivity contribution >= 4 is 17.4 Å². The summed E-state index contributed by atoms with van der Waals surface area (Å²) in [5, 5.41) is 3.52. The Hall–Kier alpha value is -0.700. The third-order valence-corrected chi connectivity index (χ3v) is 3.43. The molecule has 1 fully saturated rings. The molecule has 1 atom stereocenters. The zero-order chi connectivity index (χ0) is 8.93. The van der Waals surface area contributed by atoms with Crippen LogP contribution in [0.2, 0.25) is 0 Å². The minimum Gasteiger partial charge on any atom is -0.381 e. The molecule has 1 saturated heterocycles. The maximum atomic E-state index is 3.99. The standard InChI is InChI=1S/C10H14N2S/c1-2-10(8-13-7-1)12-9-3-5-11-6-4-9/h3-6,10H,1-2,7-8H2,(H,11,12). The number of nitrogens with one attached hydrogen (secondary N) is 1. The van der Waals surface area contributed by atoms with E-state index in [0.717, 1.165) is 0 Å². The Labute approximate surface area is 83.1 Å². The van der Waals surface area contributed by atoms with Crippen LogP contribution in [0, 0.1) is 0 Å². The van der Waals surface area contributed by atoms with Gasteiger partial charge in [0.1, 0.15) is 0 Å². The molecule has 3 heteroatoms. The molecule has 2 rings (SSSR count). The molecule has 0 radical (unpaired) electrons. The lowest BCUT2D eigenvalue weighted by atomic mass is 10.2. The van der Waals surface area contributed by atoms with Gasteiger partial charge in [0.05, 0.1) is 0 Å². The Bertz CT molecular complexity index is 244. The fraction of sp³-hybridized carbons (Fsp3) is 0.500. The largest absolute Gasteiger partial charge is 0.381 e. The number of rotatable bonds is 2. The van der Waals surface area contributed by atoms with Crippen molar-refractivity contribution in [3.63, 3.8) is 0 Å². The molecule has 0 aromatic carbocycles. The Morgan fingerprint density at radius 1 is 1.38 bits per heavy atom. The van der Waals surface area contributed by atoms with Gasteiger partial charge in [0.15, 0.2) is 0 Å². The molecule has 1 unspecified atom stereocenters. The minimum absolute atomic E-state index is 0.654. The van der Waals surface area contributed by atoms with E-state index in [1.54, 1.807) is 0 Å². The highest BCUT2D eigenvalue weighted by Crippen LogP contribution is 2.20. The van der Waals surface area contributed by atoms with Gasteiger partial charge in [-0.2, -0.15) is 11.8 Å². The van der Waals surface area contributed by atoms with Crippen LogP contribution in [0.3, 0.4) is 0 Å². The Morgan fingerprint density at radius 2 is 2.23 bits per heavy atom. The summed E-state index contributed by atoms with van der Waals surface area (Å²) in [6.07, 6.45) is 6.30. The van der Waals surface area contributed by atoms with E-state index in [2.05, 4.69) is 10.3 Å². The second-order valence-corrected chi connectivity index (χ2v) is 4.44. The van der Waals surface area contributed by atoms with Crippen molar-refractivity contribution in [3.05, 3.63) is 24.5 Å². The average Bonchev–Trinajstić information content (AvgIpc) is 2.21. The van der Waals surface area contributed by atoms with Gasteiger partial charge in [0, 0.05) is 29.9 Å². The van der Waals surface area contributed by atoms with Crippen molar-refractivity contribution in [2.45, 2.75) is 18.9 Å². The van der Waals surface area contributed by atoms with E-state index in [4.69, 9.17) is 0 Å². The zero-order valence-corrected chi connectivity index (χ0v) is 8.39. The Morgan fingerprint density at radius 3 is 2.92 bits per heavy atom. The normalized spacial score (nSPS) is 22.6. The fourth-order valence-corrected chi connectivity index (χ4v) is 2.61. The third-order valence-electron chi connectivity index (χ3n) is 2.21. The van der Waals surface area contributed by atoms with Gasteiger partial charge in [-0.3, -0.25) is 4.98 Å². The van der Waals surface area contributed by atoms with E-state index in [1.807, 2.05) is 36.3 Å². The molecule has 0 bridgehead atoms. The summed E-state index contributed by atoms with van der Waals surface area (Å²) in [6.45, 7) is 0. The number of hydrogen-bond donors (Lipinski definition) is 1. The van der Waals surface area contributed by atoms with E-state index < -0.39 is 0 Å². The number of aromatic nitrogens is 1. The molecule has 2 heterocycles. The number of thioether (sulfide) groups is 1. The van der Waals surface area contributed by atoms with Crippen LogP contribution in [-0.4, -0.2) is 22.5 Å². The summed E-state index contributed by atoms with van der Waals surface area (Å²) in [4.78, 5) is 3.99. The van der Waals surface area contributed by atoms with Crippen LogP contribution in [0.4, 0.5) is 5.69 Å². The van der Waals surface area contributed by atoms with Gasteiger partial charge in [-0.1, -0.05) is 0 Å². The quantitative estimate of drug-likeness (QED) is 0.782. The van der Waals surface area contributed by atoms with Crippen molar-refractivity contribution < 1.29 is 0 Å². The molecule has 0 amide bonds. The van der Waals surface area contributed by atoms with Crippen molar-refractivity contribution in [3.8, 4) is 0 Å². The Kier molecular flexibility index (Phi) is 3.08. The SMILES string of the molecule is c1cc(NC2CCCSC2)ccn1. The Balaban J connectivity index is 1.90. The number of hydrogen-bond acceptors (Lipinski definition) is 3. The highest BCUT2D eigenvalue weighted by Gasteiger charge is 2.12. The summed E-state index contributed by atoms with van der Waals surface area (Å²) < 4.78 is 0. The monoisotopic (exact) mass is 194 g/mol. The second-order valence-electron chi connectivity index (χ2n) is 3.29. The van der Waals surface area contributed by atoms with Gasteiger partial charge in [0.2, 0.25) is 0 Å². The van der Waals surface area contributed by atoms with Crippen LogP contribution in [0.1, 0.15) is 12.8 Å². The summed E-state index contributed by atoms with van der Waals surface area (Å²) in [5.74, 6) is 2.57. The lowest BCUT2D eigenvalue weighted by Gasteiger charge is -2.23. The maximum Gasteiger partial charge on any atom is 0.0373 e. The first-order valence-corrected chi connectivity index (χ1v) is 5.85. The number of anilines is 1. The minimum atomic E-state index is 0.654. The zero-order valence-electron chi connectivity index (χ0n) is 7.57.